The van der Waals surface area contributed by atoms with Crippen molar-refractivity contribution in [3.8, 4) is 0 Å². The van der Waals surface area contributed by atoms with Crippen molar-refractivity contribution in [1.29, 1.82) is 0 Å². The lowest BCUT2D eigenvalue weighted by Crippen LogP contribution is -2.24. The summed E-state index contributed by atoms with van der Waals surface area (Å²) in [6, 6.07) is 3.90. The molecular weight excluding hydrogens is 362 g/mol. The maximum atomic E-state index is 12.1. The molecule has 0 aliphatic heterocycles. The minimum Gasteiger partial charge on any atom is -0.346 e. The van der Waals surface area contributed by atoms with E-state index < -0.39 is 0 Å². The Kier molecular flexibility index (Phi) is 5.12. The fourth-order valence-electron chi connectivity index (χ4n) is 1.52. The Balaban J connectivity index is 2.10. The van der Waals surface area contributed by atoms with Crippen LogP contribution in [-0.4, -0.2) is 15.9 Å². The van der Waals surface area contributed by atoms with Crippen LogP contribution in [0.15, 0.2) is 22.1 Å². The second-order valence-corrected chi connectivity index (χ2v) is 7.42. The van der Waals surface area contributed by atoms with Crippen LogP contribution in [0.5, 0.6) is 0 Å². The summed E-state index contributed by atoms with van der Waals surface area (Å²) in [6.07, 6.45) is 1.47. The van der Waals surface area contributed by atoms with Crippen LogP contribution in [-0.2, 0) is 6.54 Å². The van der Waals surface area contributed by atoms with E-state index in [1.165, 1.54) is 6.20 Å². The molecule has 0 radical (unpaired) electrons. The van der Waals surface area contributed by atoms with Gasteiger partial charge in [-0.25, -0.2) is 9.97 Å². The van der Waals surface area contributed by atoms with Gasteiger partial charge in [0, 0.05) is 10.8 Å². The van der Waals surface area contributed by atoms with Gasteiger partial charge in [-0.1, -0.05) is 25.4 Å². The van der Waals surface area contributed by atoms with Crippen molar-refractivity contribution in [1.82, 2.24) is 15.3 Å². The Hall–Kier alpha value is -0.980. The SMILES string of the molecule is CC(C)c1ncc(Cl)c(C(=O)NCc2ccc(Br)s2)n1. The molecule has 0 saturated heterocycles. The van der Waals surface area contributed by atoms with Crippen molar-refractivity contribution < 1.29 is 4.79 Å². The number of nitrogens with zero attached hydrogens (tertiary/aromatic N) is 2. The minimum atomic E-state index is -0.288. The van der Waals surface area contributed by atoms with Crippen molar-refractivity contribution in [2.24, 2.45) is 0 Å². The third-order valence-electron chi connectivity index (χ3n) is 2.55. The highest BCUT2D eigenvalue weighted by molar-refractivity contribution is 9.11. The van der Waals surface area contributed by atoms with E-state index in [9.17, 15) is 4.79 Å². The number of thiophene rings is 1. The second kappa shape index (κ2) is 6.65. The normalized spacial score (nSPS) is 10.8. The van der Waals surface area contributed by atoms with Crippen LogP contribution < -0.4 is 5.32 Å². The van der Waals surface area contributed by atoms with Crippen molar-refractivity contribution >= 4 is 44.8 Å². The van der Waals surface area contributed by atoms with Gasteiger partial charge in [0.15, 0.2) is 0 Å². The fourth-order valence-corrected chi connectivity index (χ4v) is 3.12. The summed E-state index contributed by atoms with van der Waals surface area (Å²) >= 11 is 10.9. The van der Waals surface area contributed by atoms with E-state index in [1.54, 1.807) is 11.3 Å². The minimum absolute atomic E-state index is 0.145. The van der Waals surface area contributed by atoms with Gasteiger partial charge in [-0.3, -0.25) is 4.79 Å². The summed E-state index contributed by atoms with van der Waals surface area (Å²) in [5.41, 5.74) is 0.223. The molecule has 0 aliphatic rings. The average Bonchev–Trinajstić information content (AvgIpc) is 2.82. The molecule has 20 heavy (non-hydrogen) atoms. The molecule has 0 aliphatic carbocycles. The van der Waals surface area contributed by atoms with Gasteiger partial charge < -0.3 is 5.32 Å². The number of carbonyl (C=O) groups excluding carboxylic acids is 1. The largest absolute Gasteiger partial charge is 0.346 e. The summed E-state index contributed by atoms with van der Waals surface area (Å²) < 4.78 is 1.03. The van der Waals surface area contributed by atoms with E-state index in [0.29, 0.717) is 12.4 Å². The zero-order valence-electron chi connectivity index (χ0n) is 11.0. The van der Waals surface area contributed by atoms with Gasteiger partial charge in [0.05, 0.1) is 21.6 Å². The van der Waals surface area contributed by atoms with E-state index in [4.69, 9.17) is 11.6 Å². The molecule has 0 aromatic carbocycles. The standard InChI is InChI=1S/C13H13BrClN3OS/c1-7(2)12-16-6-9(15)11(18-12)13(19)17-5-8-3-4-10(14)20-8/h3-4,6-7H,5H2,1-2H3,(H,17,19). The lowest BCUT2D eigenvalue weighted by atomic mass is 10.2. The second-order valence-electron chi connectivity index (χ2n) is 4.47. The molecule has 2 aromatic heterocycles. The first-order valence-corrected chi connectivity index (χ1v) is 8.01. The van der Waals surface area contributed by atoms with Crippen molar-refractivity contribution in [2.75, 3.05) is 0 Å². The number of rotatable bonds is 4. The highest BCUT2D eigenvalue weighted by atomic mass is 79.9. The Bertz CT molecular complexity index is 630. The highest BCUT2D eigenvalue weighted by Crippen LogP contribution is 2.22. The quantitative estimate of drug-likeness (QED) is 0.880. The van der Waals surface area contributed by atoms with Gasteiger partial charge in [-0.05, 0) is 28.1 Å². The molecular formula is C13H13BrClN3OS. The molecule has 4 nitrogen and oxygen atoms in total. The Morgan fingerprint density at radius 1 is 1.50 bits per heavy atom. The van der Waals surface area contributed by atoms with Crippen molar-refractivity contribution in [3.05, 3.63) is 43.5 Å². The third-order valence-corrected chi connectivity index (χ3v) is 4.45. The van der Waals surface area contributed by atoms with E-state index in [2.05, 4.69) is 31.2 Å². The molecule has 1 amide bonds. The van der Waals surface area contributed by atoms with E-state index in [1.807, 2.05) is 26.0 Å². The lowest BCUT2D eigenvalue weighted by molar-refractivity contribution is 0.0946. The number of hydrogen-bond acceptors (Lipinski definition) is 4. The molecule has 2 aromatic rings. The molecule has 2 rings (SSSR count). The molecule has 1 N–H and O–H groups in total. The Labute approximate surface area is 134 Å². The number of aromatic nitrogens is 2. The number of hydrogen-bond donors (Lipinski definition) is 1. The predicted octanol–water partition coefficient (Wildman–Crippen LogP) is 4.01. The lowest BCUT2D eigenvalue weighted by Gasteiger charge is -2.08. The van der Waals surface area contributed by atoms with Gasteiger partial charge in [0.2, 0.25) is 0 Å². The number of carbonyl (C=O) groups is 1. The number of halogens is 2. The van der Waals surface area contributed by atoms with E-state index in [0.717, 1.165) is 8.66 Å². The topological polar surface area (TPSA) is 54.9 Å². The van der Waals surface area contributed by atoms with Crippen molar-refractivity contribution in [2.45, 2.75) is 26.3 Å². The van der Waals surface area contributed by atoms with Gasteiger partial charge >= 0.3 is 0 Å². The molecule has 0 unspecified atom stereocenters. The van der Waals surface area contributed by atoms with Crippen LogP contribution in [0.2, 0.25) is 5.02 Å². The number of amides is 1. The zero-order valence-corrected chi connectivity index (χ0v) is 14.1. The zero-order chi connectivity index (χ0) is 14.7. The van der Waals surface area contributed by atoms with E-state index in [-0.39, 0.29) is 22.5 Å². The van der Waals surface area contributed by atoms with Crippen LogP contribution in [0.25, 0.3) is 0 Å². The molecule has 106 valence electrons. The third kappa shape index (κ3) is 3.77. The van der Waals surface area contributed by atoms with Gasteiger partial charge in [0.25, 0.3) is 5.91 Å². The van der Waals surface area contributed by atoms with E-state index >= 15 is 0 Å². The first-order chi connectivity index (χ1) is 9.47. The first kappa shape index (κ1) is 15.4. The van der Waals surface area contributed by atoms with Crippen LogP contribution in [0, 0.1) is 0 Å². The van der Waals surface area contributed by atoms with Gasteiger partial charge in [0.1, 0.15) is 11.5 Å². The maximum Gasteiger partial charge on any atom is 0.271 e. The molecule has 0 spiro atoms. The Morgan fingerprint density at radius 3 is 2.85 bits per heavy atom. The number of nitrogens with one attached hydrogen (secondary N) is 1. The molecule has 2 heterocycles. The summed E-state index contributed by atoms with van der Waals surface area (Å²) in [6.45, 7) is 4.38. The first-order valence-electron chi connectivity index (χ1n) is 6.02. The summed E-state index contributed by atoms with van der Waals surface area (Å²) in [4.78, 5) is 21.5. The summed E-state index contributed by atoms with van der Waals surface area (Å²) in [5.74, 6) is 0.467. The fraction of sp³-hybridized carbons (Fsp3) is 0.308. The molecule has 0 bridgehead atoms. The van der Waals surface area contributed by atoms with Gasteiger partial charge in [-0.15, -0.1) is 11.3 Å². The molecule has 0 fully saturated rings. The Morgan fingerprint density at radius 2 is 2.25 bits per heavy atom. The predicted molar refractivity (Wildman–Crippen MR) is 84.3 cm³/mol. The van der Waals surface area contributed by atoms with Gasteiger partial charge in [-0.2, -0.15) is 0 Å². The van der Waals surface area contributed by atoms with Crippen molar-refractivity contribution in [3.63, 3.8) is 0 Å². The summed E-state index contributed by atoms with van der Waals surface area (Å²) in [7, 11) is 0. The highest BCUT2D eigenvalue weighted by Gasteiger charge is 2.15. The monoisotopic (exact) mass is 373 g/mol. The average molecular weight is 375 g/mol. The smallest absolute Gasteiger partial charge is 0.271 e. The molecule has 7 heteroatoms. The summed E-state index contributed by atoms with van der Waals surface area (Å²) in [5, 5.41) is 3.07. The van der Waals surface area contributed by atoms with Crippen LogP contribution in [0.3, 0.4) is 0 Å². The van der Waals surface area contributed by atoms with Crippen LogP contribution >= 0.6 is 38.9 Å². The molecule has 0 saturated carbocycles. The van der Waals surface area contributed by atoms with Crippen LogP contribution in [0.1, 0.15) is 41.0 Å². The maximum absolute atomic E-state index is 12.1. The molecule has 0 atom stereocenters. The van der Waals surface area contributed by atoms with Crippen LogP contribution in [0.4, 0.5) is 0 Å².